The summed E-state index contributed by atoms with van der Waals surface area (Å²) in [6, 6.07) is 81.0. The molecule has 9 aromatic carbocycles. The van der Waals surface area contributed by atoms with E-state index in [1.54, 1.807) is 0 Å². The zero-order chi connectivity index (χ0) is 45.2. The van der Waals surface area contributed by atoms with Crippen LogP contribution in [0.2, 0.25) is 0 Å². The molecule has 0 radical (unpaired) electrons. The maximum atomic E-state index is 2.55. The lowest BCUT2D eigenvalue weighted by Gasteiger charge is -2.46. The van der Waals surface area contributed by atoms with Gasteiger partial charge in [-0.3, -0.25) is 0 Å². The van der Waals surface area contributed by atoms with Gasteiger partial charge < -0.3 is 14.7 Å². The molecule has 11 rings (SSSR count). The standard InChI is InChI=1S/C62H54BN3/c1-61(2,3)45-33-37-49(38-34-45)65-54-31-19-29-52(43-21-11-7-12-22-43)58(54)63-59-53(44-23-13-8-14-24-44)30-20-32-55(59)66(50-39-35-46(36-40-50)62(4,5)6)57-42-51(41-56(65)60(57)63)64(47-25-15-9-16-26-47)48-27-17-10-18-28-48/h7-42H,1-6H3. The summed E-state index contributed by atoms with van der Waals surface area (Å²) in [5, 5.41) is 0. The Bertz CT molecular complexity index is 2980. The minimum Gasteiger partial charge on any atom is -0.311 e. The third-order valence-electron chi connectivity index (χ3n) is 13.6. The Kier molecular flexibility index (Phi) is 10.1. The Morgan fingerprint density at radius 3 is 1.06 bits per heavy atom. The van der Waals surface area contributed by atoms with Gasteiger partial charge in [0.1, 0.15) is 0 Å². The molecular formula is C62H54BN3. The van der Waals surface area contributed by atoms with Crippen LogP contribution in [0.25, 0.3) is 22.3 Å². The second kappa shape index (κ2) is 16.2. The highest BCUT2D eigenvalue weighted by atomic mass is 15.2. The van der Waals surface area contributed by atoms with Crippen molar-refractivity contribution in [3.63, 3.8) is 0 Å². The summed E-state index contributed by atoms with van der Waals surface area (Å²) >= 11 is 0. The van der Waals surface area contributed by atoms with E-state index in [1.807, 2.05) is 0 Å². The van der Waals surface area contributed by atoms with Crippen molar-refractivity contribution in [2.75, 3.05) is 14.7 Å². The molecule has 66 heavy (non-hydrogen) atoms. The molecule has 0 fully saturated rings. The van der Waals surface area contributed by atoms with Gasteiger partial charge in [-0.15, -0.1) is 0 Å². The summed E-state index contributed by atoms with van der Waals surface area (Å²) < 4.78 is 0. The topological polar surface area (TPSA) is 9.72 Å². The van der Waals surface area contributed by atoms with Crippen LogP contribution in [0.4, 0.5) is 51.2 Å². The first-order valence-corrected chi connectivity index (χ1v) is 23.3. The van der Waals surface area contributed by atoms with Crippen molar-refractivity contribution in [1.82, 2.24) is 0 Å². The van der Waals surface area contributed by atoms with Crippen LogP contribution in [-0.4, -0.2) is 6.71 Å². The zero-order valence-corrected chi connectivity index (χ0v) is 38.7. The lowest BCUT2D eigenvalue weighted by atomic mass is 9.32. The molecule has 0 spiro atoms. The largest absolute Gasteiger partial charge is 0.311 e. The van der Waals surface area contributed by atoms with Crippen molar-refractivity contribution >= 4 is 74.3 Å². The Morgan fingerprint density at radius 2 is 0.697 bits per heavy atom. The lowest BCUT2D eigenvalue weighted by molar-refractivity contribution is 0.590. The summed E-state index contributed by atoms with van der Waals surface area (Å²) in [5.41, 5.74) is 21.6. The highest BCUT2D eigenvalue weighted by Crippen LogP contribution is 2.50. The van der Waals surface area contributed by atoms with Crippen LogP contribution >= 0.6 is 0 Å². The zero-order valence-electron chi connectivity index (χ0n) is 38.7. The van der Waals surface area contributed by atoms with Crippen LogP contribution in [0.15, 0.2) is 218 Å². The minimum atomic E-state index is -0.112. The molecule has 0 aliphatic carbocycles. The molecule has 0 bridgehead atoms. The van der Waals surface area contributed by atoms with Crippen molar-refractivity contribution in [3.8, 4) is 22.3 Å². The summed E-state index contributed by atoms with van der Waals surface area (Å²) in [4.78, 5) is 7.52. The quantitative estimate of drug-likeness (QED) is 0.148. The van der Waals surface area contributed by atoms with Crippen molar-refractivity contribution in [1.29, 1.82) is 0 Å². The molecule has 0 N–H and O–H groups in total. The molecule has 2 heterocycles. The second-order valence-corrected chi connectivity index (χ2v) is 19.8. The average molecular weight is 852 g/mol. The van der Waals surface area contributed by atoms with Gasteiger partial charge in [-0.05, 0) is 133 Å². The van der Waals surface area contributed by atoms with Crippen molar-refractivity contribution in [3.05, 3.63) is 230 Å². The first kappa shape index (κ1) is 41.2. The first-order valence-electron chi connectivity index (χ1n) is 23.3. The normalized spacial score (nSPS) is 12.9. The number of hydrogen-bond donors (Lipinski definition) is 0. The third-order valence-corrected chi connectivity index (χ3v) is 13.6. The number of anilines is 9. The SMILES string of the molecule is CC(C)(C)c1ccc(N2c3cccc(-c4ccccc4)c3B3c4c(-c5ccccc5)cccc4N(c4ccc(C(C)(C)C)cc4)c4cc(N(c5ccccc5)c5ccccc5)cc2c43)cc1. The molecule has 0 saturated carbocycles. The summed E-state index contributed by atoms with van der Waals surface area (Å²) in [7, 11) is 0. The molecule has 0 saturated heterocycles. The van der Waals surface area contributed by atoms with Gasteiger partial charge in [0.25, 0.3) is 6.71 Å². The molecule has 0 unspecified atom stereocenters. The van der Waals surface area contributed by atoms with Crippen LogP contribution in [0.3, 0.4) is 0 Å². The monoisotopic (exact) mass is 851 g/mol. The smallest absolute Gasteiger partial charge is 0.253 e. The van der Waals surface area contributed by atoms with Gasteiger partial charge in [0.05, 0.1) is 5.69 Å². The van der Waals surface area contributed by atoms with E-state index >= 15 is 0 Å². The number of nitrogens with zero attached hydrogens (tertiary/aromatic N) is 3. The fourth-order valence-corrected chi connectivity index (χ4v) is 10.3. The van der Waals surface area contributed by atoms with Gasteiger partial charge in [0, 0.05) is 45.5 Å². The summed E-state index contributed by atoms with van der Waals surface area (Å²) in [6.07, 6.45) is 0. The first-order chi connectivity index (χ1) is 32.0. The molecule has 4 heteroatoms. The van der Waals surface area contributed by atoms with Gasteiger partial charge in [-0.25, -0.2) is 0 Å². The molecule has 0 atom stereocenters. The summed E-state index contributed by atoms with van der Waals surface area (Å²) in [6.45, 7) is 13.6. The molecule has 2 aliphatic rings. The maximum absolute atomic E-state index is 2.55. The molecule has 0 aromatic heterocycles. The van der Waals surface area contributed by atoms with Gasteiger partial charge in [0.15, 0.2) is 0 Å². The highest BCUT2D eigenvalue weighted by Gasteiger charge is 2.46. The van der Waals surface area contributed by atoms with Crippen molar-refractivity contribution in [2.45, 2.75) is 52.4 Å². The predicted molar refractivity (Wildman–Crippen MR) is 283 cm³/mol. The lowest BCUT2D eigenvalue weighted by Crippen LogP contribution is -2.62. The average Bonchev–Trinajstić information content (AvgIpc) is 3.34. The van der Waals surface area contributed by atoms with E-state index in [9.17, 15) is 0 Å². The second-order valence-electron chi connectivity index (χ2n) is 19.8. The Balaban J connectivity index is 1.30. The van der Waals surface area contributed by atoms with E-state index in [4.69, 9.17) is 0 Å². The molecule has 0 amide bonds. The minimum absolute atomic E-state index is 0.00937. The number of para-hydroxylation sites is 2. The Morgan fingerprint density at radius 1 is 0.333 bits per heavy atom. The van der Waals surface area contributed by atoms with Crippen LogP contribution in [-0.2, 0) is 10.8 Å². The number of rotatable bonds is 7. The van der Waals surface area contributed by atoms with Gasteiger partial charge >= 0.3 is 0 Å². The van der Waals surface area contributed by atoms with Gasteiger partial charge in [0.2, 0.25) is 0 Å². The number of hydrogen-bond acceptors (Lipinski definition) is 3. The van der Waals surface area contributed by atoms with E-state index in [2.05, 4.69) is 275 Å². The van der Waals surface area contributed by atoms with E-state index in [0.717, 1.165) is 39.8 Å². The van der Waals surface area contributed by atoms with Crippen molar-refractivity contribution < 1.29 is 0 Å². The maximum Gasteiger partial charge on any atom is 0.253 e. The number of fused-ring (bicyclic) bond motifs is 4. The highest BCUT2D eigenvalue weighted by molar-refractivity contribution is 7.02. The van der Waals surface area contributed by atoms with E-state index in [0.29, 0.717) is 0 Å². The van der Waals surface area contributed by atoms with Crippen LogP contribution < -0.4 is 31.1 Å². The molecule has 2 aliphatic heterocycles. The Labute approximate surface area is 391 Å². The third kappa shape index (κ3) is 7.09. The van der Waals surface area contributed by atoms with E-state index < -0.39 is 0 Å². The summed E-state index contributed by atoms with van der Waals surface area (Å²) in [5.74, 6) is 0. The fraction of sp³-hybridized carbons (Fsp3) is 0.129. The van der Waals surface area contributed by atoms with Crippen molar-refractivity contribution in [2.24, 2.45) is 0 Å². The van der Waals surface area contributed by atoms with E-state index in [1.165, 1.54) is 61.1 Å². The van der Waals surface area contributed by atoms with Gasteiger partial charge in [-0.2, -0.15) is 0 Å². The van der Waals surface area contributed by atoms with Gasteiger partial charge in [-0.1, -0.05) is 187 Å². The van der Waals surface area contributed by atoms with Crippen LogP contribution in [0.1, 0.15) is 52.7 Å². The molecule has 3 nitrogen and oxygen atoms in total. The molecule has 320 valence electrons. The number of benzene rings is 9. The fourth-order valence-electron chi connectivity index (χ4n) is 10.3. The van der Waals surface area contributed by atoms with Crippen LogP contribution in [0, 0.1) is 0 Å². The predicted octanol–water partition coefficient (Wildman–Crippen LogP) is 15.2. The van der Waals surface area contributed by atoms with Crippen LogP contribution in [0.5, 0.6) is 0 Å². The van der Waals surface area contributed by atoms with E-state index in [-0.39, 0.29) is 17.5 Å². The molecular weight excluding hydrogens is 798 g/mol. The molecule has 9 aromatic rings. The Hall–Kier alpha value is -7.56.